The van der Waals surface area contributed by atoms with Gasteiger partial charge in [-0.15, -0.1) is 11.3 Å². The number of rotatable bonds is 4. The average molecular weight is 407 g/mol. The van der Waals surface area contributed by atoms with E-state index in [0.717, 1.165) is 42.9 Å². The summed E-state index contributed by atoms with van der Waals surface area (Å²) in [5.74, 6) is 0.762. The van der Waals surface area contributed by atoms with Crippen molar-refractivity contribution in [1.82, 2.24) is 14.9 Å². The molecular formula is C21H21N5O2S. The number of hydrogen-bond donors (Lipinski definition) is 2. The zero-order chi connectivity index (χ0) is 20.1. The van der Waals surface area contributed by atoms with Crippen LogP contribution in [0.25, 0.3) is 10.6 Å². The van der Waals surface area contributed by atoms with Gasteiger partial charge in [-0.1, -0.05) is 30.3 Å². The number of amides is 3. The molecule has 1 aliphatic rings. The van der Waals surface area contributed by atoms with E-state index in [1.165, 1.54) is 17.5 Å². The number of carbonyl (C=O) groups is 2. The quantitative estimate of drug-likeness (QED) is 0.668. The summed E-state index contributed by atoms with van der Waals surface area (Å²) >= 11 is 1.45. The minimum Gasteiger partial charge on any atom is -0.339 e. The van der Waals surface area contributed by atoms with Gasteiger partial charge in [-0.25, -0.2) is 14.8 Å². The lowest BCUT2D eigenvalue weighted by molar-refractivity contribution is 0.0724. The number of anilines is 2. The Morgan fingerprint density at radius 2 is 1.72 bits per heavy atom. The Labute approximate surface area is 172 Å². The topological polar surface area (TPSA) is 87.2 Å². The molecule has 3 amide bonds. The third-order valence-electron chi connectivity index (χ3n) is 4.66. The summed E-state index contributed by atoms with van der Waals surface area (Å²) in [5.41, 5.74) is 1.52. The fraction of sp³-hybridized carbons (Fsp3) is 0.238. The second-order valence-corrected chi connectivity index (χ2v) is 7.62. The standard InChI is InChI=1S/C21H21N5O2S/c27-20(26-11-5-2-6-12-26)16-9-10-22-17(13-16)24-21(28)25-18-14-29-19(23-18)15-7-3-1-4-8-15/h1,3-4,7-10,13-14H,2,5-6,11-12H2,(H2,22,24,25,28). The van der Waals surface area contributed by atoms with E-state index in [4.69, 9.17) is 0 Å². The summed E-state index contributed by atoms with van der Waals surface area (Å²) in [6.45, 7) is 1.55. The molecule has 0 spiro atoms. The Hall–Kier alpha value is -3.26. The summed E-state index contributed by atoms with van der Waals surface area (Å²) in [4.78, 5) is 35.4. The number of pyridine rings is 1. The van der Waals surface area contributed by atoms with Crippen molar-refractivity contribution in [3.8, 4) is 10.6 Å². The van der Waals surface area contributed by atoms with Crippen LogP contribution >= 0.6 is 11.3 Å². The van der Waals surface area contributed by atoms with Crippen LogP contribution in [0.3, 0.4) is 0 Å². The van der Waals surface area contributed by atoms with Crippen molar-refractivity contribution in [2.75, 3.05) is 23.7 Å². The Morgan fingerprint density at radius 1 is 0.966 bits per heavy atom. The molecule has 0 atom stereocenters. The summed E-state index contributed by atoms with van der Waals surface area (Å²) in [6, 6.07) is 12.6. The number of benzene rings is 1. The van der Waals surface area contributed by atoms with Gasteiger partial charge in [0.15, 0.2) is 0 Å². The van der Waals surface area contributed by atoms with Gasteiger partial charge in [-0.3, -0.25) is 15.4 Å². The first-order chi connectivity index (χ1) is 14.2. The molecule has 7 nitrogen and oxygen atoms in total. The molecule has 29 heavy (non-hydrogen) atoms. The molecule has 0 saturated carbocycles. The van der Waals surface area contributed by atoms with Crippen molar-refractivity contribution in [2.45, 2.75) is 19.3 Å². The zero-order valence-corrected chi connectivity index (χ0v) is 16.6. The Kier molecular flexibility index (Phi) is 5.81. The molecule has 8 heteroatoms. The van der Waals surface area contributed by atoms with Gasteiger partial charge in [0.2, 0.25) is 0 Å². The average Bonchev–Trinajstić information content (AvgIpc) is 3.23. The predicted octanol–water partition coefficient (Wildman–Crippen LogP) is 4.48. The van der Waals surface area contributed by atoms with E-state index in [0.29, 0.717) is 17.2 Å². The third-order valence-corrected chi connectivity index (χ3v) is 5.55. The largest absolute Gasteiger partial charge is 0.339 e. The van der Waals surface area contributed by atoms with Gasteiger partial charge >= 0.3 is 6.03 Å². The monoisotopic (exact) mass is 407 g/mol. The third kappa shape index (κ3) is 4.78. The van der Waals surface area contributed by atoms with Crippen LogP contribution in [0.4, 0.5) is 16.4 Å². The minimum atomic E-state index is -0.454. The minimum absolute atomic E-state index is 0.0254. The lowest BCUT2D eigenvalue weighted by atomic mass is 10.1. The van der Waals surface area contributed by atoms with Crippen LogP contribution in [0.1, 0.15) is 29.6 Å². The summed E-state index contributed by atoms with van der Waals surface area (Å²) in [6.07, 6.45) is 4.75. The van der Waals surface area contributed by atoms with Gasteiger partial charge in [0.05, 0.1) is 0 Å². The number of piperidine rings is 1. The molecule has 4 rings (SSSR count). The first-order valence-electron chi connectivity index (χ1n) is 9.53. The lowest BCUT2D eigenvalue weighted by Crippen LogP contribution is -2.35. The molecule has 1 fully saturated rings. The zero-order valence-electron chi connectivity index (χ0n) is 15.8. The highest BCUT2D eigenvalue weighted by Crippen LogP contribution is 2.25. The van der Waals surface area contributed by atoms with Gasteiger partial charge < -0.3 is 4.90 Å². The molecule has 3 heterocycles. The van der Waals surface area contributed by atoms with Crippen LogP contribution < -0.4 is 10.6 Å². The second-order valence-electron chi connectivity index (χ2n) is 6.77. The molecule has 148 valence electrons. The van der Waals surface area contributed by atoms with Gasteiger partial charge in [0.1, 0.15) is 16.6 Å². The molecule has 0 bridgehead atoms. The van der Waals surface area contributed by atoms with Crippen LogP contribution in [0.5, 0.6) is 0 Å². The first kappa shape index (κ1) is 19.1. The number of carbonyl (C=O) groups excluding carboxylic acids is 2. The number of nitrogens with zero attached hydrogens (tertiary/aromatic N) is 3. The number of aromatic nitrogens is 2. The maximum Gasteiger partial charge on any atom is 0.326 e. The van der Waals surface area contributed by atoms with Crippen LogP contribution in [0.2, 0.25) is 0 Å². The van der Waals surface area contributed by atoms with Crippen molar-refractivity contribution >= 4 is 34.9 Å². The molecule has 2 aromatic heterocycles. The van der Waals surface area contributed by atoms with E-state index in [-0.39, 0.29) is 5.91 Å². The molecule has 0 radical (unpaired) electrons. The SMILES string of the molecule is O=C(Nc1cc(C(=O)N2CCCCC2)ccn1)Nc1csc(-c2ccccc2)n1. The first-order valence-corrected chi connectivity index (χ1v) is 10.4. The molecule has 2 N–H and O–H groups in total. The van der Waals surface area contributed by atoms with Gasteiger partial charge in [0, 0.05) is 35.8 Å². The maximum absolute atomic E-state index is 12.6. The lowest BCUT2D eigenvalue weighted by Gasteiger charge is -2.26. The van der Waals surface area contributed by atoms with Crippen molar-refractivity contribution in [3.63, 3.8) is 0 Å². The Balaban J connectivity index is 1.39. The van der Waals surface area contributed by atoms with Gasteiger partial charge in [-0.05, 0) is 31.4 Å². The van der Waals surface area contributed by atoms with E-state index in [2.05, 4.69) is 20.6 Å². The molecule has 1 saturated heterocycles. The van der Waals surface area contributed by atoms with Crippen molar-refractivity contribution < 1.29 is 9.59 Å². The fourth-order valence-corrected chi connectivity index (χ4v) is 3.98. The van der Waals surface area contributed by atoms with Gasteiger partial charge in [0.25, 0.3) is 5.91 Å². The normalized spacial score (nSPS) is 13.7. The number of nitrogens with one attached hydrogen (secondary N) is 2. The number of likely N-dealkylation sites (tertiary alicyclic amines) is 1. The fourth-order valence-electron chi connectivity index (χ4n) is 3.22. The maximum atomic E-state index is 12.6. The summed E-state index contributed by atoms with van der Waals surface area (Å²) in [7, 11) is 0. The molecular weight excluding hydrogens is 386 g/mol. The molecule has 0 aliphatic carbocycles. The molecule has 3 aromatic rings. The summed E-state index contributed by atoms with van der Waals surface area (Å²) < 4.78 is 0. The molecule has 1 aromatic carbocycles. The van der Waals surface area contributed by atoms with Gasteiger partial charge in [-0.2, -0.15) is 0 Å². The van der Waals surface area contributed by atoms with E-state index < -0.39 is 6.03 Å². The highest BCUT2D eigenvalue weighted by Gasteiger charge is 2.19. The summed E-state index contributed by atoms with van der Waals surface area (Å²) in [5, 5.41) is 7.99. The molecule has 1 aliphatic heterocycles. The van der Waals surface area contributed by atoms with Crippen molar-refractivity contribution in [2.24, 2.45) is 0 Å². The number of urea groups is 1. The highest BCUT2D eigenvalue weighted by molar-refractivity contribution is 7.13. The van der Waals surface area contributed by atoms with E-state index in [9.17, 15) is 9.59 Å². The predicted molar refractivity (Wildman–Crippen MR) is 114 cm³/mol. The van der Waals surface area contributed by atoms with E-state index in [1.54, 1.807) is 17.5 Å². The Bertz CT molecular complexity index is 999. The van der Waals surface area contributed by atoms with Crippen molar-refractivity contribution in [3.05, 3.63) is 59.6 Å². The van der Waals surface area contributed by atoms with E-state index >= 15 is 0 Å². The van der Waals surface area contributed by atoms with Crippen LogP contribution in [-0.2, 0) is 0 Å². The van der Waals surface area contributed by atoms with Crippen LogP contribution in [-0.4, -0.2) is 39.9 Å². The van der Waals surface area contributed by atoms with Crippen LogP contribution in [0, 0.1) is 0 Å². The van der Waals surface area contributed by atoms with Crippen molar-refractivity contribution in [1.29, 1.82) is 0 Å². The number of thiazole rings is 1. The Morgan fingerprint density at radius 3 is 2.52 bits per heavy atom. The smallest absolute Gasteiger partial charge is 0.326 e. The van der Waals surface area contributed by atoms with E-state index in [1.807, 2.05) is 35.2 Å². The highest BCUT2D eigenvalue weighted by atomic mass is 32.1. The molecule has 0 unspecified atom stereocenters. The van der Waals surface area contributed by atoms with Crippen LogP contribution in [0.15, 0.2) is 54.0 Å². The second kappa shape index (κ2) is 8.83. The number of hydrogen-bond acceptors (Lipinski definition) is 5.